The minimum absolute atomic E-state index is 0.00387. The third-order valence-electron chi connectivity index (χ3n) is 11.7. The highest BCUT2D eigenvalue weighted by atomic mass is 28.4. The van der Waals surface area contributed by atoms with E-state index in [1.54, 1.807) is 0 Å². The molecule has 7 rings (SSSR count). The van der Waals surface area contributed by atoms with Crippen LogP contribution in [0.3, 0.4) is 0 Å². The quantitative estimate of drug-likeness (QED) is 0.254. The van der Waals surface area contributed by atoms with Gasteiger partial charge in [0.05, 0.1) is 30.8 Å². The van der Waals surface area contributed by atoms with Gasteiger partial charge in [-0.15, -0.1) is 0 Å². The lowest BCUT2D eigenvalue weighted by Crippen LogP contribution is -2.69. The van der Waals surface area contributed by atoms with Gasteiger partial charge in [-0.05, 0) is 64.9 Å². The van der Waals surface area contributed by atoms with Crippen LogP contribution in [0.2, 0.25) is 5.04 Å². The second-order valence-corrected chi connectivity index (χ2v) is 19.4. The van der Waals surface area contributed by atoms with Gasteiger partial charge in [0.15, 0.2) is 0 Å². The monoisotopic (exact) mass is 622 g/mol. The SMILES string of the molecule is CCOC(=O)N1C2CC3(C4CCCC4)CC1[C@H](O[Si](c1ccccc1)(c1ccccc1)C(C)(C)C)C2N(Cc1ccccc1)C3. The van der Waals surface area contributed by atoms with E-state index in [1.807, 2.05) is 6.92 Å². The van der Waals surface area contributed by atoms with Gasteiger partial charge in [-0.1, -0.05) is 125 Å². The van der Waals surface area contributed by atoms with Crippen LogP contribution in [0.5, 0.6) is 0 Å². The lowest BCUT2D eigenvalue weighted by atomic mass is 9.63. The summed E-state index contributed by atoms with van der Waals surface area (Å²) in [6.45, 7) is 11.4. The number of fused-ring (bicyclic) bond motifs is 2. The van der Waals surface area contributed by atoms with Crippen molar-refractivity contribution < 1.29 is 14.0 Å². The average Bonchev–Trinajstić information content (AvgIpc) is 3.63. The van der Waals surface area contributed by atoms with Gasteiger partial charge in [-0.3, -0.25) is 9.80 Å². The maximum Gasteiger partial charge on any atom is 0.410 e. The molecule has 45 heavy (non-hydrogen) atoms. The van der Waals surface area contributed by atoms with Crippen LogP contribution < -0.4 is 10.4 Å². The maximum absolute atomic E-state index is 13.9. The van der Waals surface area contributed by atoms with Crippen molar-refractivity contribution in [3.63, 3.8) is 0 Å². The number of benzene rings is 3. The summed E-state index contributed by atoms with van der Waals surface area (Å²) in [5.74, 6) is 0.706. The Kier molecular flexibility index (Phi) is 8.20. The Morgan fingerprint density at radius 3 is 1.96 bits per heavy atom. The van der Waals surface area contributed by atoms with Crippen molar-refractivity contribution in [1.29, 1.82) is 0 Å². The van der Waals surface area contributed by atoms with Gasteiger partial charge in [0.2, 0.25) is 0 Å². The molecule has 1 aliphatic carbocycles. The van der Waals surface area contributed by atoms with Crippen molar-refractivity contribution in [3.05, 3.63) is 96.6 Å². The van der Waals surface area contributed by atoms with Crippen LogP contribution in [0, 0.1) is 11.3 Å². The number of carbonyl (C=O) groups excluding carboxylic acids is 1. The van der Waals surface area contributed by atoms with E-state index in [9.17, 15) is 4.79 Å². The van der Waals surface area contributed by atoms with E-state index in [-0.39, 0.29) is 40.8 Å². The largest absolute Gasteiger partial charge is 0.450 e. The Bertz CT molecular complexity index is 1420. The number of nitrogens with zero attached hydrogens (tertiary/aromatic N) is 2. The van der Waals surface area contributed by atoms with Crippen LogP contribution in [0.4, 0.5) is 4.79 Å². The van der Waals surface area contributed by atoms with Crippen molar-refractivity contribution in [3.8, 4) is 0 Å². The van der Waals surface area contributed by atoms with Gasteiger partial charge >= 0.3 is 6.09 Å². The normalized spacial score (nSPS) is 28.5. The van der Waals surface area contributed by atoms with Gasteiger partial charge < -0.3 is 9.16 Å². The molecule has 3 aromatic rings. The van der Waals surface area contributed by atoms with Crippen molar-refractivity contribution in [2.24, 2.45) is 11.3 Å². The smallest absolute Gasteiger partial charge is 0.410 e. The predicted molar refractivity (Wildman–Crippen MR) is 183 cm³/mol. The number of amides is 1. The zero-order valence-corrected chi connectivity index (χ0v) is 28.5. The Labute approximate surface area is 271 Å². The molecule has 1 saturated carbocycles. The molecule has 4 aliphatic rings. The first-order chi connectivity index (χ1) is 21.8. The number of piperidine rings is 2. The molecule has 5 nitrogen and oxygen atoms in total. The van der Waals surface area contributed by atoms with Crippen LogP contribution in [0.15, 0.2) is 91.0 Å². The number of likely N-dealkylation sites (tertiary alicyclic amines) is 1. The van der Waals surface area contributed by atoms with Gasteiger partial charge in [-0.25, -0.2) is 4.79 Å². The fourth-order valence-corrected chi connectivity index (χ4v) is 14.7. The molecule has 0 radical (unpaired) electrons. The molecule has 4 unspecified atom stereocenters. The number of hydrogen-bond acceptors (Lipinski definition) is 4. The zero-order chi connectivity index (χ0) is 31.2. The third kappa shape index (κ3) is 5.17. The van der Waals surface area contributed by atoms with E-state index >= 15 is 0 Å². The lowest BCUT2D eigenvalue weighted by molar-refractivity contribution is -0.0677. The summed E-state index contributed by atoms with van der Waals surface area (Å²) in [4.78, 5) is 18.8. The average molecular weight is 623 g/mol. The van der Waals surface area contributed by atoms with Crippen molar-refractivity contribution in [2.45, 2.75) is 102 Å². The minimum Gasteiger partial charge on any atom is -0.450 e. The fraction of sp³-hybridized carbons (Fsp3) is 0.513. The summed E-state index contributed by atoms with van der Waals surface area (Å²) < 4.78 is 13.9. The molecule has 5 atom stereocenters. The number of ether oxygens (including phenoxy) is 1. The summed E-state index contributed by atoms with van der Waals surface area (Å²) in [6.07, 6.45) is 7.06. The first-order valence-corrected chi connectivity index (χ1v) is 19.2. The molecule has 0 spiro atoms. The molecule has 0 N–H and O–H groups in total. The zero-order valence-electron chi connectivity index (χ0n) is 27.5. The molecule has 3 bridgehead atoms. The van der Waals surface area contributed by atoms with Crippen LogP contribution >= 0.6 is 0 Å². The molecule has 3 saturated heterocycles. The first-order valence-electron chi connectivity index (χ1n) is 17.3. The molecule has 3 aromatic carbocycles. The number of carbonyl (C=O) groups is 1. The molecule has 1 amide bonds. The number of rotatable bonds is 8. The molecule has 238 valence electrons. The van der Waals surface area contributed by atoms with Gasteiger partial charge in [-0.2, -0.15) is 0 Å². The van der Waals surface area contributed by atoms with E-state index in [4.69, 9.17) is 9.16 Å². The summed E-state index contributed by atoms with van der Waals surface area (Å²) in [7, 11) is -2.88. The Morgan fingerprint density at radius 2 is 1.40 bits per heavy atom. The molecule has 3 heterocycles. The third-order valence-corrected chi connectivity index (χ3v) is 16.7. The van der Waals surface area contributed by atoms with Crippen molar-refractivity contribution >= 4 is 24.8 Å². The van der Waals surface area contributed by atoms with E-state index < -0.39 is 8.32 Å². The second-order valence-electron chi connectivity index (χ2n) is 15.1. The van der Waals surface area contributed by atoms with E-state index in [1.165, 1.54) is 41.6 Å². The van der Waals surface area contributed by atoms with Crippen LogP contribution in [0.1, 0.15) is 71.8 Å². The lowest BCUT2D eigenvalue weighted by Gasteiger charge is -2.55. The van der Waals surface area contributed by atoms with E-state index in [0.717, 1.165) is 25.9 Å². The maximum atomic E-state index is 13.9. The molecular weight excluding hydrogens is 573 g/mol. The topological polar surface area (TPSA) is 42.0 Å². The van der Waals surface area contributed by atoms with Crippen LogP contribution in [-0.4, -0.2) is 61.6 Å². The summed E-state index contributed by atoms with van der Waals surface area (Å²) in [5.41, 5.74) is 1.53. The minimum atomic E-state index is -2.88. The molecule has 0 aromatic heterocycles. The Balaban J connectivity index is 1.40. The highest BCUT2D eigenvalue weighted by Crippen LogP contribution is 2.59. The van der Waals surface area contributed by atoms with Gasteiger partial charge in [0.25, 0.3) is 8.32 Å². The standard InChI is InChI=1S/C39H50N2O3Si/c1-5-43-37(42)41-33-25-39(30-19-15-16-20-30)26-34(41)36(35(33)40(28-39)27-29-17-9-6-10-18-29)44-45(38(2,3)4,31-21-11-7-12-22-31)32-23-13-8-14-24-32/h6-14,17-18,21-24,30,33-36H,5,15-16,19-20,25-28H2,1-4H3/t33?,34?,35?,36-,39?/m0/s1. The Hall–Kier alpha value is -2.93. The van der Waals surface area contributed by atoms with Crippen LogP contribution in [-0.2, 0) is 15.7 Å². The fourth-order valence-electron chi connectivity index (χ4n) is 9.95. The molecule has 3 aliphatic heterocycles. The van der Waals surface area contributed by atoms with Crippen molar-refractivity contribution in [2.75, 3.05) is 13.2 Å². The van der Waals surface area contributed by atoms with Gasteiger partial charge in [0.1, 0.15) is 0 Å². The van der Waals surface area contributed by atoms with Crippen molar-refractivity contribution in [1.82, 2.24) is 9.80 Å². The first kappa shape index (κ1) is 30.7. The highest BCUT2D eigenvalue weighted by molar-refractivity contribution is 6.99. The molecule has 4 fully saturated rings. The molecule has 6 heteroatoms. The Morgan fingerprint density at radius 1 is 0.844 bits per heavy atom. The number of hydrogen-bond donors (Lipinski definition) is 0. The molecular formula is C39H50N2O3Si. The van der Waals surface area contributed by atoms with Crippen LogP contribution in [0.25, 0.3) is 0 Å². The van der Waals surface area contributed by atoms with Gasteiger partial charge in [0, 0.05) is 13.1 Å². The van der Waals surface area contributed by atoms with E-state index in [2.05, 4.69) is 122 Å². The predicted octanol–water partition coefficient (Wildman–Crippen LogP) is 7.00. The summed E-state index contributed by atoms with van der Waals surface area (Å²) in [5, 5.41) is 2.44. The van der Waals surface area contributed by atoms with E-state index in [0.29, 0.717) is 12.5 Å². The second kappa shape index (κ2) is 12.0. The summed E-state index contributed by atoms with van der Waals surface area (Å²) in [6, 6.07) is 33.1. The highest BCUT2D eigenvalue weighted by Gasteiger charge is 2.68. The summed E-state index contributed by atoms with van der Waals surface area (Å²) >= 11 is 0.